The van der Waals surface area contributed by atoms with Crippen LogP contribution in [-0.4, -0.2) is 17.0 Å². The zero-order valence-corrected chi connectivity index (χ0v) is 13.5. The van der Waals surface area contributed by atoms with E-state index in [2.05, 4.69) is 20.6 Å². The fourth-order valence-electron chi connectivity index (χ4n) is 2.25. The van der Waals surface area contributed by atoms with E-state index in [9.17, 15) is 0 Å². The molecule has 3 aromatic rings. The van der Waals surface area contributed by atoms with Crippen LogP contribution in [0, 0.1) is 0 Å². The second kappa shape index (κ2) is 7.11. The topological polar surface area (TPSA) is 49.8 Å². The summed E-state index contributed by atoms with van der Waals surface area (Å²) in [5.74, 6) is 1.35. The first-order valence-electron chi connectivity index (χ1n) is 7.35. The first-order chi connectivity index (χ1) is 11.2. The van der Waals surface area contributed by atoms with Gasteiger partial charge in [0.25, 0.3) is 0 Å². The van der Waals surface area contributed by atoms with E-state index < -0.39 is 0 Å². The molecule has 0 unspecified atom stereocenters. The van der Waals surface area contributed by atoms with Gasteiger partial charge in [0, 0.05) is 30.2 Å². The number of nitrogens with one attached hydrogen (secondary N) is 2. The smallest absolute Gasteiger partial charge is 0.224 e. The van der Waals surface area contributed by atoms with Crippen LogP contribution in [0.5, 0.6) is 0 Å². The van der Waals surface area contributed by atoms with Gasteiger partial charge in [-0.1, -0.05) is 54.1 Å². The van der Waals surface area contributed by atoms with Gasteiger partial charge in [0.15, 0.2) is 0 Å². The average molecular weight is 325 g/mol. The highest BCUT2D eigenvalue weighted by atomic mass is 35.5. The molecule has 0 aliphatic carbocycles. The van der Waals surface area contributed by atoms with E-state index in [1.54, 1.807) is 0 Å². The minimum atomic E-state index is 0.583. The molecular weight excluding hydrogens is 308 g/mol. The maximum absolute atomic E-state index is 6.02. The number of nitrogens with zero attached hydrogens (tertiary/aromatic N) is 2. The summed E-state index contributed by atoms with van der Waals surface area (Å²) >= 11 is 6.02. The molecule has 3 rings (SSSR count). The minimum absolute atomic E-state index is 0.583. The third-order valence-corrected chi connectivity index (χ3v) is 3.62. The van der Waals surface area contributed by atoms with Crippen molar-refractivity contribution < 1.29 is 0 Å². The van der Waals surface area contributed by atoms with Crippen LogP contribution < -0.4 is 10.6 Å². The van der Waals surface area contributed by atoms with Crippen LogP contribution in [-0.2, 0) is 6.54 Å². The number of rotatable bonds is 5. The molecule has 0 radical (unpaired) electrons. The first-order valence-corrected chi connectivity index (χ1v) is 7.73. The summed E-state index contributed by atoms with van der Waals surface area (Å²) in [6.07, 6.45) is 0. The second-order valence-corrected chi connectivity index (χ2v) is 5.50. The summed E-state index contributed by atoms with van der Waals surface area (Å²) in [6.45, 7) is 0.648. The lowest BCUT2D eigenvalue weighted by molar-refractivity contribution is 1.08. The second-order valence-electron chi connectivity index (χ2n) is 5.06. The van der Waals surface area contributed by atoms with Crippen LogP contribution in [0.2, 0.25) is 5.02 Å². The molecule has 0 aliphatic rings. The summed E-state index contributed by atoms with van der Waals surface area (Å²) in [4.78, 5) is 8.96. The van der Waals surface area contributed by atoms with E-state index >= 15 is 0 Å². The molecule has 23 heavy (non-hydrogen) atoms. The molecule has 0 saturated carbocycles. The van der Waals surface area contributed by atoms with Crippen LogP contribution in [0.1, 0.15) is 5.56 Å². The highest BCUT2D eigenvalue weighted by Crippen LogP contribution is 2.21. The van der Waals surface area contributed by atoms with Gasteiger partial charge in [-0.25, -0.2) is 4.98 Å². The predicted molar refractivity (Wildman–Crippen MR) is 95.8 cm³/mol. The number of anilines is 2. The summed E-state index contributed by atoms with van der Waals surface area (Å²) < 4.78 is 0. The van der Waals surface area contributed by atoms with Crippen molar-refractivity contribution in [3.8, 4) is 11.3 Å². The van der Waals surface area contributed by atoms with Crippen molar-refractivity contribution in [3.63, 3.8) is 0 Å². The third kappa shape index (κ3) is 3.99. The molecule has 4 nitrogen and oxygen atoms in total. The van der Waals surface area contributed by atoms with E-state index in [4.69, 9.17) is 11.6 Å². The van der Waals surface area contributed by atoms with E-state index in [1.165, 1.54) is 0 Å². The van der Waals surface area contributed by atoms with Crippen molar-refractivity contribution in [2.24, 2.45) is 0 Å². The molecule has 2 N–H and O–H groups in total. The van der Waals surface area contributed by atoms with Gasteiger partial charge < -0.3 is 10.6 Å². The predicted octanol–water partition coefficient (Wildman–Crippen LogP) is 4.45. The molecule has 0 fully saturated rings. The van der Waals surface area contributed by atoms with Crippen LogP contribution in [0.25, 0.3) is 11.3 Å². The Hall–Kier alpha value is -2.59. The maximum atomic E-state index is 6.02. The molecule has 0 atom stereocenters. The number of hydrogen-bond donors (Lipinski definition) is 2. The minimum Gasteiger partial charge on any atom is -0.366 e. The maximum Gasteiger partial charge on any atom is 0.224 e. The number of hydrogen-bond acceptors (Lipinski definition) is 4. The molecule has 116 valence electrons. The Labute approximate surface area is 140 Å². The average Bonchev–Trinajstić information content (AvgIpc) is 2.60. The quantitative estimate of drug-likeness (QED) is 0.728. The fraction of sp³-hybridized carbons (Fsp3) is 0.111. The Kier molecular flexibility index (Phi) is 4.74. The highest BCUT2D eigenvalue weighted by molar-refractivity contribution is 6.30. The summed E-state index contributed by atoms with van der Waals surface area (Å²) in [7, 11) is 1.81. The van der Waals surface area contributed by atoms with Gasteiger partial charge in [-0.2, -0.15) is 4.98 Å². The molecular formula is C18H17ClN4. The molecule has 2 aromatic carbocycles. The summed E-state index contributed by atoms with van der Waals surface area (Å²) in [5, 5.41) is 7.05. The molecule has 0 amide bonds. The Balaban J connectivity index is 1.84. The molecule has 5 heteroatoms. The van der Waals surface area contributed by atoms with Gasteiger partial charge in [-0.05, 0) is 17.7 Å². The highest BCUT2D eigenvalue weighted by Gasteiger charge is 2.06. The Morgan fingerprint density at radius 1 is 0.957 bits per heavy atom. The van der Waals surface area contributed by atoms with Crippen molar-refractivity contribution in [2.45, 2.75) is 6.54 Å². The molecule has 0 bridgehead atoms. The number of aromatic nitrogens is 2. The normalized spacial score (nSPS) is 10.3. The lowest BCUT2D eigenvalue weighted by Crippen LogP contribution is -2.05. The Bertz CT molecular complexity index is 790. The number of halogens is 1. The summed E-state index contributed by atoms with van der Waals surface area (Å²) in [5.41, 5.74) is 3.03. The molecule has 0 saturated heterocycles. The van der Waals surface area contributed by atoms with Gasteiger partial charge in [0.05, 0.1) is 5.69 Å². The monoisotopic (exact) mass is 324 g/mol. The van der Waals surface area contributed by atoms with Crippen LogP contribution in [0.3, 0.4) is 0 Å². The zero-order valence-electron chi connectivity index (χ0n) is 12.8. The molecule has 1 heterocycles. The van der Waals surface area contributed by atoms with Gasteiger partial charge in [-0.15, -0.1) is 0 Å². The third-order valence-electron chi connectivity index (χ3n) is 3.38. The molecule has 0 spiro atoms. The van der Waals surface area contributed by atoms with Crippen LogP contribution in [0.4, 0.5) is 11.8 Å². The van der Waals surface area contributed by atoms with E-state index in [0.29, 0.717) is 12.5 Å². The van der Waals surface area contributed by atoms with Gasteiger partial charge in [0.1, 0.15) is 5.82 Å². The van der Waals surface area contributed by atoms with Crippen molar-refractivity contribution in [3.05, 3.63) is 71.2 Å². The van der Waals surface area contributed by atoms with E-state index in [0.717, 1.165) is 27.7 Å². The fourth-order valence-corrected chi connectivity index (χ4v) is 2.46. The Morgan fingerprint density at radius 3 is 2.52 bits per heavy atom. The van der Waals surface area contributed by atoms with Crippen molar-refractivity contribution >= 4 is 23.4 Å². The van der Waals surface area contributed by atoms with Gasteiger partial charge in [-0.3, -0.25) is 0 Å². The van der Waals surface area contributed by atoms with Crippen LogP contribution >= 0.6 is 11.6 Å². The van der Waals surface area contributed by atoms with E-state index in [-0.39, 0.29) is 0 Å². The largest absolute Gasteiger partial charge is 0.366 e. The first kappa shape index (κ1) is 15.3. The summed E-state index contributed by atoms with van der Waals surface area (Å²) in [6, 6.07) is 19.7. The SMILES string of the molecule is CNc1nc(NCc2cccc(Cl)c2)cc(-c2ccccc2)n1. The molecule has 1 aromatic heterocycles. The van der Waals surface area contributed by atoms with Gasteiger partial charge >= 0.3 is 0 Å². The van der Waals surface area contributed by atoms with E-state index in [1.807, 2.05) is 67.7 Å². The van der Waals surface area contributed by atoms with Crippen molar-refractivity contribution in [1.29, 1.82) is 0 Å². The zero-order chi connectivity index (χ0) is 16.1. The van der Waals surface area contributed by atoms with Crippen molar-refractivity contribution in [1.82, 2.24) is 9.97 Å². The number of benzene rings is 2. The standard InChI is InChI=1S/C18H17ClN4/c1-20-18-22-16(14-7-3-2-4-8-14)11-17(23-18)21-12-13-6-5-9-15(19)10-13/h2-11H,12H2,1H3,(H2,20,21,22,23). The molecule has 0 aliphatic heterocycles. The van der Waals surface area contributed by atoms with Crippen LogP contribution in [0.15, 0.2) is 60.7 Å². The lowest BCUT2D eigenvalue weighted by atomic mass is 10.1. The Morgan fingerprint density at radius 2 is 1.78 bits per heavy atom. The lowest BCUT2D eigenvalue weighted by Gasteiger charge is -2.10. The van der Waals surface area contributed by atoms with Crippen molar-refractivity contribution in [2.75, 3.05) is 17.7 Å². The van der Waals surface area contributed by atoms with Gasteiger partial charge in [0.2, 0.25) is 5.95 Å².